The van der Waals surface area contributed by atoms with Gasteiger partial charge in [-0.2, -0.15) is 0 Å². The lowest BCUT2D eigenvalue weighted by Gasteiger charge is -2.28. The standard InChI is InChI=1S/C59H44N2/c1-4-40-19-27-49(28-20-40)61-57-18-12-11-17-53(57)54-37-45(26-36-58(54)61)46-25-34-51-52-35-33-50(39-56(52)59(2,3)55(51)38-46)60(47-29-21-43(22-30-47)41-13-7-5-8-14-41)48-31-23-44(24-32-48)42-15-9-6-10-16-42/h4-39H,1H2,2-3H3. The predicted molar refractivity (Wildman–Crippen MR) is 259 cm³/mol. The highest BCUT2D eigenvalue weighted by molar-refractivity contribution is 6.10. The molecule has 1 aromatic heterocycles. The molecule has 2 nitrogen and oxygen atoms in total. The van der Waals surface area contributed by atoms with E-state index in [0.29, 0.717) is 0 Å². The van der Waals surface area contributed by atoms with Crippen molar-refractivity contribution < 1.29 is 0 Å². The van der Waals surface area contributed by atoms with Gasteiger partial charge < -0.3 is 9.47 Å². The SMILES string of the molecule is C=Cc1ccc(-n2c3ccccc3c3cc(-c4ccc5c(c4)C(C)(C)c4cc(N(c6ccc(-c7ccccc7)cc6)c6ccc(-c7ccccc7)cc6)ccc4-5)ccc32)cc1. The summed E-state index contributed by atoms with van der Waals surface area (Å²) in [5.74, 6) is 0. The van der Waals surface area contributed by atoms with Crippen molar-refractivity contribution in [3.63, 3.8) is 0 Å². The molecule has 1 aliphatic rings. The average molecular weight is 781 g/mol. The number of hydrogen-bond acceptors (Lipinski definition) is 1. The van der Waals surface area contributed by atoms with Crippen LogP contribution >= 0.6 is 0 Å². The number of para-hydroxylation sites is 1. The lowest BCUT2D eigenvalue weighted by molar-refractivity contribution is 0.660. The molecule has 0 radical (unpaired) electrons. The summed E-state index contributed by atoms with van der Waals surface area (Å²) in [6, 6.07) is 77.6. The zero-order valence-corrected chi connectivity index (χ0v) is 34.4. The Morgan fingerprint density at radius 3 is 1.51 bits per heavy atom. The van der Waals surface area contributed by atoms with Crippen LogP contribution in [0.1, 0.15) is 30.5 Å². The fraction of sp³-hybridized carbons (Fsp3) is 0.0508. The van der Waals surface area contributed by atoms with Crippen molar-refractivity contribution in [2.45, 2.75) is 19.3 Å². The van der Waals surface area contributed by atoms with Crippen LogP contribution in [0.5, 0.6) is 0 Å². The minimum Gasteiger partial charge on any atom is -0.310 e. The number of rotatable bonds is 8. The van der Waals surface area contributed by atoms with E-state index < -0.39 is 0 Å². The summed E-state index contributed by atoms with van der Waals surface area (Å²) < 4.78 is 2.37. The first-order valence-electron chi connectivity index (χ1n) is 21.1. The smallest absolute Gasteiger partial charge is 0.0541 e. The molecule has 0 saturated carbocycles. The number of nitrogens with zero attached hydrogens (tertiary/aromatic N) is 2. The molecule has 0 spiro atoms. The van der Waals surface area contributed by atoms with Crippen LogP contribution in [0, 0.1) is 0 Å². The molecule has 0 atom stereocenters. The third kappa shape index (κ3) is 6.19. The van der Waals surface area contributed by atoms with E-state index in [-0.39, 0.29) is 5.41 Å². The molecule has 1 aliphatic carbocycles. The lowest BCUT2D eigenvalue weighted by atomic mass is 9.81. The van der Waals surface area contributed by atoms with Crippen LogP contribution in [0.4, 0.5) is 17.1 Å². The highest BCUT2D eigenvalue weighted by atomic mass is 15.1. The minimum absolute atomic E-state index is 0.214. The second kappa shape index (κ2) is 14.5. The van der Waals surface area contributed by atoms with E-state index in [2.05, 4.69) is 242 Å². The maximum absolute atomic E-state index is 3.95. The van der Waals surface area contributed by atoms with Crippen molar-refractivity contribution in [2.75, 3.05) is 4.90 Å². The van der Waals surface area contributed by atoms with Gasteiger partial charge in [-0.25, -0.2) is 0 Å². The van der Waals surface area contributed by atoms with Crippen molar-refractivity contribution in [3.8, 4) is 50.2 Å². The first-order chi connectivity index (χ1) is 29.9. The number of benzene rings is 9. The van der Waals surface area contributed by atoms with Crippen molar-refractivity contribution in [1.29, 1.82) is 0 Å². The summed E-state index contributed by atoms with van der Waals surface area (Å²) in [4.78, 5) is 2.40. The molecular weight excluding hydrogens is 737 g/mol. The fourth-order valence-electron chi connectivity index (χ4n) is 9.55. The van der Waals surface area contributed by atoms with Crippen LogP contribution in [0.25, 0.3) is 78.1 Å². The van der Waals surface area contributed by atoms with E-state index in [1.54, 1.807) is 0 Å². The molecule has 0 unspecified atom stereocenters. The molecule has 1 heterocycles. The molecule has 2 heteroatoms. The molecule has 9 aromatic carbocycles. The van der Waals surface area contributed by atoms with E-state index >= 15 is 0 Å². The summed E-state index contributed by atoms with van der Waals surface area (Å²) in [6.45, 7) is 8.71. The average Bonchev–Trinajstić information content (AvgIpc) is 3.77. The van der Waals surface area contributed by atoms with E-state index in [4.69, 9.17) is 0 Å². The van der Waals surface area contributed by atoms with Gasteiger partial charge in [-0.1, -0.05) is 166 Å². The van der Waals surface area contributed by atoms with Gasteiger partial charge in [-0.3, -0.25) is 0 Å². The second-order valence-electron chi connectivity index (χ2n) is 16.7. The predicted octanol–water partition coefficient (Wildman–Crippen LogP) is 16.2. The van der Waals surface area contributed by atoms with Crippen molar-refractivity contribution in [3.05, 3.63) is 236 Å². The first kappa shape index (κ1) is 36.4. The van der Waals surface area contributed by atoms with Crippen LogP contribution in [0.15, 0.2) is 219 Å². The van der Waals surface area contributed by atoms with E-state index in [1.165, 1.54) is 77.4 Å². The maximum Gasteiger partial charge on any atom is 0.0541 e. The van der Waals surface area contributed by atoms with E-state index in [1.807, 2.05) is 6.08 Å². The van der Waals surface area contributed by atoms with Gasteiger partial charge in [0, 0.05) is 38.9 Å². The molecule has 61 heavy (non-hydrogen) atoms. The lowest BCUT2D eigenvalue weighted by Crippen LogP contribution is -2.16. The Kier molecular flexibility index (Phi) is 8.68. The number of aromatic nitrogens is 1. The molecular formula is C59H44N2. The van der Waals surface area contributed by atoms with Crippen LogP contribution in [0.3, 0.4) is 0 Å². The molecule has 0 amide bonds. The van der Waals surface area contributed by atoms with E-state index in [9.17, 15) is 0 Å². The largest absolute Gasteiger partial charge is 0.310 e. The Labute approximate surface area is 358 Å². The number of fused-ring (bicyclic) bond motifs is 6. The van der Waals surface area contributed by atoms with Gasteiger partial charge in [0.2, 0.25) is 0 Å². The summed E-state index contributed by atoms with van der Waals surface area (Å²) in [6.07, 6.45) is 1.89. The highest BCUT2D eigenvalue weighted by Crippen LogP contribution is 2.52. The monoisotopic (exact) mass is 780 g/mol. The summed E-state index contributed by atoms with van der Waals surface area (Å²) in [5.41, 5.74) is 20.4. The van der Waals surface area contributed by atoms with Gasteiger partial charge in [0.1, 0.15) is 0 Å². The van der Waals surface area contributed by atoms with Crippen LogP contribution in [-0.4, -0.2) is 4.57 Å². The molecule has 10 aromatic rings. The zero-order chi connectivity index (χ0) is 41.1. The third-order valence-corrected chi connectivity index (χ3v) is 12.8. The molecule has 0 fully saturated rings. The van der Waals surface area contributed by atoms with E-state index in [0.717, 1.165) is 28.3 Å². The topological polar surface area (TPSA) is 8.17 Å². The van der Waals surface area contributed by atoms with Crippen LogP contribution in [-0.2, 0) is 5.41 Å². The van der Waals surface area contributed by atoms with Gasteiger partial charge in [0.15, 0.2) is 0 Å². The van der Waals surface area contributed by atoms with Crippen LogP contribution < -0.4 is 4.90 Å². The van der Waals surface area contributed by atoms with Crippen LogP contribution in [0.2, 0.25) is 0 Å². The van der Waals surface area contributed by atoms with Gasteiger partial charge >= 0.3 is 0 Å². The summed E-state index contributed by atoms with van der Waals surface area (Å²) in [7, 11) is 0. The Balaban J connectivity index is 0.976. The Bertz CT molecular complexity index is 3160. The number of anilines is 3. The van der Waals surface area contributed by atoms with Gasteiger partial charge in [0.05, 0.1) is 11.0 Å². The quantitative estimate of drug-likeness (QED) is 0.149. The Morgan fingerprint density at radius 1 is 0.410 bits per heavy atom. The van der Waals surface area contributed by atoms with Gasteiger partial charge in [0.25, 0.3) is 0 Å². The minimum atomic E-state index is -0.214. The number of hydrogen-bond donors (Lipinski definition) is 0. The Hall–Kier alpha value is -7.68. The van der Waals surface area contributed by atoms with Gasteiger partial charge in [-0.15, -0.1) is 0 Å². The molecule has 11 rings (SSSR count). The summed E-state index contributed by atoms with van der Waals surface area (Å²) >= 11 is 0. The summed E-state index contributed by atoms with van der Waals surface area (Å²) in [5, 5.41) is 2.50. The Morgan fingerprint density at radius 2 is 0.885 bits per heavy atom. The second-order valence-corrected chi connectivity index (χ2v) is 16.7. The van der Waals surface area contributed by atoms with Crippen molar-refractivity contribution in [2.24, 2.45) is 0 Å². The molecule has 0 bridgehead atoms. The first-order valence-corrected chi connectivity index (χ1v) is 21.1. The third-order valence-electron chi connectivity index (χ3n) is 12.8. The molecule has 0 N–H and O–H groups in total. The molecule has 290 valence electrons. The van der Waals surface area contributed by atoms with Crippen molar-refractivity contribution >= 4 is 44.9 Å². The zero-order valence-electron chi connectivity index (χ0n) is 34.4. The van der Waals surface area contributed by atoms with Crippen molar-refractivity contribution in [1.82, 2.24) is 4.57 Å². The molecule has 0 saturated heterocycles. The van der Waals surface area contributed by atoms with Gasteiger partial charge in [-0.05, 0) is 134 Å². The fourth-order valence-corrected chi connectivity index (χ4v) is 9.55. The maximum atomic E-state index is 3.95. The highest BCUT2D eigenvalue weighted by Gasteiger charge is 2.36. The molecule has 0 aliphatic heterocycles. The normalized spacial score (nSPS) is 12.6.